The molecule has 0 amide bonds. The number of thiazole rings is 1. The second-order valence-electron chi connectivity index (χ2n) is 8.43. The zero-order valence-corrected chi connectivity index (χ0v) is 22.5. The molecule has 1 fully saturated rings. The molecule has 1 aliphatic rings. The third-order valence-electron chi connectivity index (χ3n) is 6.24. The smallest absolute Gasteiger partial charge is 0.193 e. The van der Waals surface area contributed by atoms with Gasteiger partial charge in [-0.25, -0.2) is 4.98 Å². The summed E-state index contributed by atoms with van der Waals surface area (Å²) < 4.78 is 13.0. The summed E-state index contributed by atoms with van der Waals surface area (Å²) in [6, 6.07) is 13.6. The molecule has 0 saturated carbocycles. The van der Waals surface area contributed by atoms with Crippen molar-refractivity contribution in [3.05, 3.63) is 87.9 Å². The van der Waals surface area contributed by atoms with E-state index in [0.717, 1.165) is 33.5 Å². The maximum absolute atomic E-state index is 6.63. The highest BCUT2D eigenvalue weighted by atomic mass is 35.5. The maximum Gasteiger partial charge on any atom is 0.193 e. The molecule has 7 nitrogen and oxygen atoms in total. The minimum Gasteiger partial charge on any atom is -0.490 e. The van der Waals surface area contributed by atoms with Crippen molar-refractivity contribution in [2.24, 2.45) is 0 Å². The van der Waals surface area contributed by atoms with Gasteiger partial charge in [-0.05, 0) is 68.0 Å². The molecule has 0 aliphatic carbocycles. The summed E-state index contributed by atoms with van der Waals surface area (Å²) in [5, 5.41) is 7.56. The molecule has 186 valence electrons. The van der Waals surface area contributed by atoms with Gasteiger partial charge in [0.15, 0.2) is 10.2 Å². The average molecular weight is 540 g/mol. The van der Waals surface area contributed by atoms with E-state index in [1.165, 1.54) is 0 Å². The van der Waals surface area contributed by atoms with Crippen molar-refractivity contribution in [1.29, 1.82) is 0 Å². The fourth-order valence-corrected chi connectivity index (χ4v) is 5.98. The van der Waals surface area contributed by atoms with Gasteiger partial charge in [0.1, 0.15) is 12.4 Å². The second kappa shape index (κ2) is 10.6. The van der Waals surface area contributed by atoms with Crippen LogP contribution in [0.4, 0.5) is 5.69 Å². The number of benzene rings is 1. The Morgan fingerprint density at radius 3 is 2.67 bits per heavy atom. The van der Waals surface area contributed by atoms with Gasteiger partial charge in [0, 0.05) is 42.0 Å². The monoisotopic (exact) mass is 539 g/mol. The molecule has 1 N–H and O–H groups in total. The Morgan fingerprint density at radius 1 is 1.11 bits per heavy atom. The van der Waals surface area contributed by atoms with Crippen molar-refractivity contribution in [3.63, 3.8) is 0 Å². The number of rotatable bonds is 8. The van der Waals surface area contributed by atoms with Gasteiger partial charge in [-0.15, -0.1) is 11.3 Å². The van der Waals surface area contributed by atoms with Crippen LogP contribution in [0.15, 0.2) is 60.2 Å². The number of halogens is 1. The number of pyridine rings is 1. The molecule has 10 heteroatoms. The Balaban J connectivity index is 1.59. The van der Waals surface area contributed by atoms with Crippen LogP contribution in [0.2, 0.25) is 5.02 Å². The molecule has 0 spiro atoms. The van der Waals surface area contributed by atoms with Crippen LogP contribution in [-0.2, 0) is 4.74 Å². The van der Waals surface area contributed by atoms with Crippen molar-refractivity contribution in [2.75, 3.05) is 25.2 Å². The molecule has 0 radical (unpaired) electrons. The normalized spacial score (nSPS) is 17.4. The number of nitrogens with one attached hydrogen (secondary N) is 1. The lowest BCUT2D eigenvalue weighted by molar-refractivity contribution is 0.146. The number of ether oxygens (including phenoxy) is 2. The van der Waals surface area contributed by atoms with E-state index >= 15 is 0 Å². The van der Waals surface area contributed by atoms with E-state index in [2.05, 4.69) is 44.7 Å². The predicted molar refractivity (Wildman–Crippen MR) is 148 cm³/mol. The van der Waals surface area contributed by atoms with E-state index in [1.54, 1.807) is 18.4 Å². The van der Waals surface area contributed by atoms with E-state index in [-0.39, 0.29) is 12.1 Å². The van der Waals surface area contributed by atoms with Crippen LogP contribution in [0.1, 0.15) is 34.7 Å². The molecule has 4 aromatic rings. The van der Waals surface area contributed by atoms with Crippen LogP contribution in [0.3, 0.4) is 0 Å². The van der Waals surface area contributed by atoms with E-state index in [4.69, 9.17) is 33.3 Å². The lowest BCUT2D eigenvalue weighted by Crippen LogP contribution is -2.29. The fraction of sp³-hybridized carbons (Fsp3) is 0.269. The van der Waals surface area contributed by atoms with Crippen LogP contribution in [0.5, 0.6) is 5.75 Å². The number of aromatic nitrogens is 3. The first-order valence-electron chi connectivity index (χ1n) is 11.5. The van der Waals surface area contributed by atoms with Crippen molar-refractivity contribution >= 4 is 46.0 Å². The largest absolute Gasteiger partial charge is 0.490 e. The summed E-state index contributed by atoms with van der Waals surface area (Å²) in [6.07, 6.45) is 3.63. The Hall–Kier alpha value is -2.98. The van der Waals surface area contributed by atoms with Crippen molar-refractivity contribution < 1.29 is 9.47 Å². The first-order valence-corrected chi connectivity index (χ1v) is 13.2. The van der Waals surface area contributed by atoms with Crippen molar-refractivity contribution in [2.45, 2.75) is 25.9 Å². The minimum absolute atomic E-state index is 0.149. The number of nitrogens with zero attached hydrogens (tertiary/aromatic N) is 4. The average Bonchev–Trinajstić information content (AvgIpc) is 3.58. The number of anilines is 1. The number of thiocarbonyl (C=S) groups is 1. The lowest BCUT2D eigenvalue weighted by Gasteiger charge is -2.28. The highest BCUT2D eigenvalue weighted by Gasteiger charge is 2.42. The first-order chi connectivity index (χ1) is 17.5. The molecule has 4 heterocycles. The number of methoxy groups -OCH3 is 1. The van der Waals surface area contributed by atoms with E-state index in [0.29, 0.717) is 29.1 Å². The van der Waals surface area contributed by atoms with Gasteiger partial charge in [0.05, 0.1) is 29.4 Å². The van der Waals surface area contributed by atoms with Crippen LogP contribution >= 0.6 is 35.2 Å². The molecule has 5 rings (SSSR count). The Labute approximate surface area is 224 Å². The molecular weight excluding hydrogens is 514 g/mol. The third-order valence-corrected chi connectivity index (χ3v) is 7.60. The summed E-state index contributed by atoms with van der Waals surface area (Å²) in [5.41, 5.74) is 5.14. The van der Waals surface area contributed by atoms with Crippen LogP contribution in [-0.4, -0.2) is 40.0 Å². The molecular formula is C26H26ClN5O2S2. The van der Waals surface area contributed by atoms with E-state index in [1.807, 2.05) is 54.2 Å². The Kier molecular flexibility index (Phi) is 7.25. The fourth-order valence-electron chi connectivity index (χ4n) is 4.65. The molecule has 1 aromatic carbocycles. The Morgan fingerprint density at radius 2 is 1.97 bits per heavy atom. The molecule has 1 saturated heterocycles. The van der Waals surface area contributed by atoms with E-state index < -0.39 is 0 Å². The zero-order chi connectivity index (χ0) is 25.2. The summed E-state index contributed by atoms with van der Waals surface area (Å²) in [4.78, 5) is 11.3. The molecule has 3 aromatic heterocycles. The standard InChI is InChI=1S/C26H26ClN5O2S2/c1-16-14-19(17(2)31(16)26-29-10-13-36-26)24-23(21-6-4-5-9-28-21)30-25(35)32(24)18-7-8-22(20(27)15-18)34-12-11-33-3/h4-10,13-15,23-24H,11-12H2,1-3H3,(H,30,35)/t23-,24-/m0/s1. The summed E-state index contributed by atoms with van der Waals surface area (Å²) in [6.45, 7) is 5.13. The molecule has 36 heavy (non-hydrogen) atoms. The highest BCUT2D eigenvalue weighted by Crippen LogP contribution is 2.45. The third kappa shape index (κ3) is 4.59. The van der Waals surface area contributed by atoms with Gasteiger partial charge in [0.2, 0.25) is 0 Å². The predicted octanol–water partition coefficient (Wildman–Crippen LogP) is 5.80. The van der Waals surface area contributed by atoms with Gasteiger partial charge in [-0.2, -0.15) is 0 Å². The van der Waals surface area contributed by atoms with Gasteiger partial charge >= 0.3 is 0 Å². The molecule has 1 aliphatic heterocycles. The maximum atomic E-state index is 6.63. The summed E-state index contributed by atoms with van der Waals surface area (Å²) in [7, 11) is 1.64. The number of aryl methyl sites for hydroxylation is 1. The quantitative estimate of drug-likeness (QED) is 0.224. The minimum atomic E-state index is -0.152. The van der Waals surface area contributed by atoms with Gasteiger partial charge < -0.3 is 19.7 Å². The second-order valence-corrected chi connectivity index (χ2v) is 10.1. The van der Waals surface area contributed by atoms with Crippen LogP contribution in [0, 0.1) is 13.8 Å². The topological polar surface area (TPSA) is 64.4 Å². The van der Waals surface area contributed by atoms with Crippen molar-refractivity contribution in [3.8, 4) is 10.9 Å². The van der Waals surface area contributed by atoms with Gasteiger partial charge in [-0.3, -0.25) is 9.55 Å². The van der Waals surface area contributed by atoms with Gasteiger partial charge in [-0.1, -0.05) is 17.7 Å². The zero-order valence-electron chi connectivity index (χ0n) is 20.1. The SMILES string of the molecule is COCCOc1ccc(N2C(=S)N[C@@H](c3ccccn3)[C@@H]2c2cc(C)n(-c3nccs3)c2C)cc1Cl. The van der Waals surface area contributed by atoms with Crippen LogP contribution in [0.25, 0.3) is 5.13 Å². The summed E-state index contributed by atoms with van der Waals surface area (Å²) >= 11 is 14.1. The first kappa shape index (κ1) is 24.7. The highest BCUT2D eigenvalue weighted by molar-refractivity contribution is 7.80. The number of hydrogen-bond donors (Lipinski definition) is 1. The van der Waals surface area contributed by atoms with E-state index in [9.17, 15) is 0 Å². The summed E-state index contributed by atoms with van der Waals surface area (Å²) in [5.74, 6) is 0.607. The molecule has 2 atom stereocenters. The lowest BCUT2D eigenvalue weighted by atomic mass is 9.96. The molecule has 0 bridgehead atoms. The van der Waals surface area contributed by atoms with Crippen molar-refractivity contribution in [1.82, 2.24) is 19.9 Å². The number of hydrogen-bond acceptors (Lipinski definition) is 6. The Bertz CT molecular complexity index is 1360. The van der Waals surface area contributed by atoms with Gasteiger partial charge in [0.25, 0.3) is 0 Å². The van der Waals surface area contributed by atoms with Crippen LogP contribution < -0.4 is 15.0 Å². The molecule has 0 unspecified atom stereocenters.